The van der Waals surface area contributed by atoms with E-state index < -0.39 is 0 Å². The molecule has 0 unspecified atom stereocenters. The monoisotopic (exact) mass is 342 g/mol. The molecule has 2 aromatic carbocycles. The van der Waals surface area contributed by atoms with Gasteiger partial charge in [-0.1, -0.05) is 36.7 Å². The van der Waals surface area contributed by atoms with E-state index in [1.54, 1.807) is 29.2 Å². The fraction of sp³-hybridized carbons (Fsp3) is 0.263. The number of rotatable bonds is 4. The van der Waals surface area contributed by atoms with Gasteiger partial charge in [0.2, 0.25) is 11.8 Å². The number of carbonyl (C=O) groups is 2. The molecule has 2 amide bonds. The Hall–Kier alpha value is -2.33. The second-order valence-electron chi connectivity index (χ2n) is 5.88. The van der Waals surface area contributed by atoms with E-state index in [9.17, 15) is 9.59 Å². The van der Waals surface area contributed by atoms with Crippen molar-refractivity contribution in [1.82, 2.24) is 0 Å². The average Bonchev–Trinajstić information content (AvgIpc) is 2.98. The number of nitrogens with zero attached hydrogens (tertiary/aromatic N) is 1. The first-order chi connectivity index (χ1) is 11.6. The maximum Gasteiger partial charge on any atom is 0.229 e. The minimum atomic E-state index is -0.349. The number of anilines is 2. The summed E-state index contributed by atoms with van der Waals surface area (Å²) in [5.74, 6) is -0.500. The number of carbonyl (C=O) groups excluding carboxylic acids is 2. The van der Waals surface area contributed by atoms with Crippen LogP contribution in [0.25, 0.3) is 0 Å². The topological polar surface area (TPSA) is 49.4 Å². The quantitative estimate of drug-likeness (QED) is 0.916. The first-order valence-corrected chi connectivity index (χ1v) is 8.41. The minimum absolute atomic E-state index is 0.0405. The van der Waals surface area contributed by atoms with Gasteiger partial charge in [-0.25, -0.2) is 0 Å². The van der Waals surface area contributed by atoms with Gasteiger partial charge in [0.25, 0.3) is 0 Å². The Bertz CT molecular complexity index is 758. The van der Waals surface area contributed by atoms with E-state index in [4.69, 9.17) is 11.6 Å². The molecule has 3 rings (SSSR count). The molecule has 1 fully saturated rings. The summed E-state index contributed by atoms with van der Waals surface area (Å²) in [5.41, 5.74) is 2.68. The second kappa shape index (κ2) is 7.05. The Morgan fingerprint density at radius 3 is 2.62 bits per heavy atom. The van der Waals surface area contributed by atoms with Crippen molar-refractivity contribution in [2.75, 3.05) is 16.8 Å². The Kier molecular flexibility index (Phi) is 4.86. The van der Waals surface area contributed by atoms with Gasteiger partial charge in [0, 0.05) is 29.4 Å². The van der Waals surface area contributed by atoms with Gasteiger partial charge in [0.15, 0.2) is 0 Å². The highest BCUT2D eigenvalue weighted by molar-refractivity contribution is 6.30. The number of aryl methyl sites for hydroxylation is 1. The molecule has 4 nitrogen and oxygen atoms in total. The Balaban J connectivity index is 1.71. The van der Waals surface area contributed by atoms with Gasteiger partial charge in [-0.3, -0.25) is 9.59 Å². The van der Waals surface area contributed by atoms with E-state index in [2.05, 4.69) is 5.32 Å². The molecule has 5 heteroatoms. The number of amides is 2. The zero-order valence-corrected chi connectivity index (χ0v) is 14.2. The summed E-state index contributed by atoms with van der Waals surface area (Å²) in [6, 6.07) is 14.8. The molecule has 124 valence electrons. The number of halogens is 1. The third-order valence-electron chi connectivity index (χ3n) is 4.29. The van der Waals surface area contributed by atoms with E-state index in [0.717, 1.165) is 23.4 Å². The van der Waals surface area contributed by atoms with Crippen LogP contribution < -0.4 is 10.2 Å². The van der Waals surface area contributed by atoms with Crippen LogP contribution in [0.15, 0.2) is 48.5 Å². The van der Waals surface area contributed by atoms with Crippen LogP contribution in [0, 0.1) is 5.92 Å². The third kappa shape index (κ3) is 3.44. The Morgan fingerprint density at radius 1 is 1.21 bits per heavy atom. The number of benzene rings is 2. The lowest BCUT2D eigenvalue weighted by molar-refractivity contribution is -0.122. The van der Waals surface area contributed by atoms with Crippen LogP contribution in [0.1, 0.15) is 18.9 Å². The molecule has 0 spiro atoms. The standard InChI is InChI=1S/C19H19ClN2O2/c1-2-13-5-3-4-6-17(13)21-19(24)14-11-18(23)22(12-14)16-9-7-15(20)8-10-16/h3-10,14H,2,11-12H2,1H3,(H,21,24)/t14-/m1/s1. The van der Waals surface area contributed by atoms with Crippen LogP contribution in [-0.2, 0) is 16.0 Å². The molecule has 0 bridgehead atoms. The van der Waals surface area contributed by atoms with Crippen LogP contribution in [0.2, 0.25) is 5.02 Å². The Labute approximate surface area is 146 Å². The van der Waals surface area contributed by atoms with Crippen molar-refractivity contribution in [1.29, 1.82) is 0 Å². The van der Waals surface area contributed by atoms with Gasteiger partial charge >= 0.3 is 0 Å². The molecule has 0 aromatic heterocycles. The van der Waals surface area contributed by atoms with Gasteiger partial charge in [-0.05, 0) is 42.3 Å². The first kappa shape index (κ1) is 16.5. The SMILES string of the molecule is CCc1ccccc1NC(=O)[C@@H]1CC(=O)N(c2ccc(Cl)cc2)C1. The van der Waals surface area contributed by atoms with Crippen molar-refractivity contribution in [3.8, 4) is 0 Å². The molecule has 1 heterocycles. The van der Waals surface area contributed by atoms with Crippen molar-refractivity contribution in [2.24, 2.45) is 5.92 Å². The summed E-state index contributed by atoms with van der Waals surface area (Å²) < 4.78 is 0. The van der Waals surface area contributed by atoms with Gasteiger partial charge in [-0.15, -0.1) is 0 Å². The van der Waals surface area contributed by atoms with Crippen molar-refractivity contribution >= 4 is 34.8 Å². The van der Waals surface area contributed by atoms with Crippen molar-refractivity contribution in [2.45, 2.75) is 19.8 Å². The largest absolute Gasteiger partial charge is 0.326 e. The molecule has 1 aliphatic rings. The zero-order valence-electron chi connectivity index (χ0n) is 13.5. The number of para-hydroxylation sites is 1. The summed E-state index contributed by atoms with van der Waals surface area (Å²) in [6.45, 7) is 2.44. The van der Waals surface area contributed by atoms with E-state index in [0.29, 0.717) is 11.6 Å². The van der Waals surface area contributed by atoms with Crippen LogP contribution in [0.3, 0.4) is 0 Å². The maximum absolute atomic E-state index is 12.5. The maximum atomic E-state index is 12.5. The van der Waals surface area contributed by atoms with Crippen molar-refractivity contribution in [3.05, 3.63) is 59.1 Å². The summed E-state index contributed by atoms with van der Waals surface area (Å²) in [5, 5.41) is 3.59. The van der Waals surface area contributed by atoms with Crippen LogP contribution in [0.4, 0.5) is 11.4 Å². The Morgan fingerprint density at radius 2 is 1.92 bits per heavy atom. The zero-order chi connectivity index (χ0) is 17.1. The average molecular weight is 343 g/mol. The fourth-order valence-electron chi connectivity index (χ4n) is 2.94. The molecule has 1 saturated heterocycles. The highest BCUT2D eigenvalue weighted by Gasteiger charge is 2.35. The minimum Gasteiger partial charge on any atom is -0.326 e. The van der Waals surface area contributed by atoms with E-state index >= 15 is 0 Å². The fourth-order valence-corrected chi connectivity index (χ4v) is 3.07. The summed E-state index contributed by atoms with van der Waals surface area (Å²) in [7, 11) is 0. The highest BCUT2D eigenvalue weighted by atomic mass is 35.5. The first-order valence-electron chi connectivity index (χ1n) is 8.03. The predicted octanol–water partition coefficient (Wildman–Crippen LogP) is 3.89. The van der Waals surface area contributed by atoms with E-state index in [1.165, 1.54) is 0 Å². The predicted molar refractivity (Wildman–Crippen MR) is 96.4 cm³/mol. The van der Waals surface area contributed by atoms with Gasteiger partial charge in [0.05, 0.1) is 5.92 Å². The molecule has 0 saturated carbocycles. The van der Waals surface area contributed by atoms with Crippen LogP contribution in [-0.4, -0.2) is 18.4 Å². The highest BCUT2D eigenvalue weighted by Crippen LogP contribution is 2.27. The molecule has 1 aliphatic heterocycles. The lowest BCUT2D eigenvalue weighted by Crippen LogP contribution is -2.28. The lowest BCUT2D eigenvalue weighted by atomic mass is 10.1. The van der Waals surface area contributed by atoms with Gasteiger partial charge < -0.3 is 10.2 Å². The van der Waals surface area contributed by atoms with Crippen LogP contribution >= 0.6 is 11.6 Å². The smallest absolute Gasteiger partial charge is 0.229 e. The summed E-state index contributed by atoms with van der Waals surface area (Å²) in [4.78, 5) is 26.5. The molecule has 0 radical (unpaired) electrons. The van der Waals surface area contributed by atoms with Crippen molar-refractivity contribution < 1.29 is 9.59 Å². The van der Waals surface area contributed by atoms with E-state index in [1.807, 2.05) is 31.2 Å². The van der Waals surface area contributed by atoms with E-state index in [-0.39, 0.29) is 24.2 Å². The number of hydrogen-bond acceptors (Lipinski definition) is 2. The molecule has 0 aliphatic carbocycles. The molecular weight excluding hydrogens is 324 g/mol. The third-order valence-corrected chi connectivity index (χ3v) is 4.54. The molecule has 1 N–H and O–H groups in total. The summed E-state index contributed by atoms with van der Waals surface area (Å²) >= 11 is 5.89. The summed E-state index contributed by atoms with van der Waals surface area (Å²) in [6.07, 6.45) is 1.07. The molecule has 1 atom stereocenters. The molecule has 24 heavy (non-hydrogen) atoms. The number of nitrogens with one attached hydrogen (secondary N) is 1. The molecular formula is C19H19ClN2O2. The van der Waals surface area contributed by atoms with Gasteiger partial charge in [-0.2, -0.15) is 0 Å². The number of hydrogen-bond donors (Lipinski definition) is 1. The molecule has 2 aromatic rings. The normalized spacial score (nSPS) is 17.2. The van der Waals surface area contributed by atoms with Gasteiger partial charge in [0.1, 0.15) is 0 Å². The lowest BCUT2D eigenvalue weighted by Gasteiger charge is -2.17. The van der Waals surface area contributed by atoms with Crippen LogP contribution in [0.5, 0.6) is 0 Å². The van der Waals surface area contributed by atoms with Crippen molar-refractivity contribution in [3.63, 3.8) is 0 Å². The second-order valence-corrected chi connectivity index (χ2v) is 6.32.